The Bertz CT molecular complexity index is 1310. The molecule has 0 saturated carbocycles. The van der Waals surface area contributed by atoms with Crippen LogP contribution < -0.4 is 5.32 Å². The summed E-state index contributed by atoms with van der Waals surface area (Å²) in [6.07, 6.45) is 57.2. The van der Waals surface area contributed by atoms with E-state index in [2.05, 4.69) is 31.3 Å². The van der Waals surface area contributed by atoms with E-state index in [4.69, 9.17) is 14.2 Å². The van der Waals surface area contributed by atoms with Gasteiger partial charge in [0.15, 0.2) is 6.29 Å². The van der Waals surface area contributed by atoms with Crippen molar-refractivity contribution in [1.82, 2.24) is 5.32 Å². The Kier molecular flexibility index (Phi) is 52.3. The van der Waals surface area contributed by atoms with Crippen LogP contribution in [0.2, 0.25) is 0 Å². The van der Waals surface area contributed by atoms with Gasteiger partial charge in [-0.05, 0) is 44.9 Å². The number of hydrogen-bond donors (Lipinski definition) is 6. The van der Waals surface area contributed by atoms with Crippen LogP contribution >= 0.6 is 0 Å². The number of aliphatic hydroxyl groups is 5. The van der Waals surface area contributed by atoms with Crippen molar-refractivity contribution in [3.8, 4) is 0 Å². The summed E-state index contributed by atoms with van der Waals surface area (Å²) in [5.41, 5.74) is 0. The lowest BCUT2D eigenvalue weighted by molar-refractivity contribution is -0.302. The van der Waals surface area contributed by atoms with Gasteiger partial charge in [-0.3, -0.25) is 9.59 Å². The van der Waals surface area contributed by atoms with Gasteiger partial charge in [-0.15, -0.1) is 0 Å². The summed E-state index contributed by atoms with van der Waals surface area (Å²) in [4.78, 5) is 25.1. The molecule has 0 aromatic carbocycles. The van der Waals surface area contributed by atoms with E-state index in [1.807, 2.05) is 6.08 Å². The first-order chi connectivity index (χ1) is 37.2. The molecule has 7 atom stereocenters. The molecule has 11 heteroatoms. The van der Waals surface area contributed by atoms with Crippen molar-refractivity contribution in [2.24, 2.45) is 0 Å². The van der Waals surface area contributed by atoms with Crippen molar-refractivity contribution in [3.63, 3.8) is 0 Å². The number of amides is 1. The molecule has 0 bridgehead atoms. The van der Waals surface area contributed by atoms with E-state index in [9.17, 15) is 35.1 Å². The third kappa shape index (κ3) is 44.0. The normalized spacial score (nSPS) is 18.8. The number of ether oxygens (including phenoxy) is 3. The summed E-state index contributed by atoms with van der Waals surface area (Å²) in [7, 11) is 0. The Morgan fingerprint density at radius 3 is 1.30 bits per heavy atom. The average molecular weight is 1080 g/mol. The number of hydrogen-bond acceptors (Lipinski definition) is 10. The van der Waals surface area contributed by atoms with Crippen LogP contribution in [0.4, 0.5) is 0 Å². The molecule has 0 aromatic rings. The van der Waals surface area contributed by atoms with Crippen molar-refractivity contribution in [3.05, 3.63) is 24.3 Å². The minimum Gasteiger partial charge on any atom is -0.466 e. The molecule has 1 fully saturated rings. The van der Waals surface area contributed by atoms with Crippen molar-refractivity contribution in [1.29, 1.82) is 0 Å². The molecule has 6 N–H and O–H groups in total. The number of esters is 1. The minimum absolute atomic E-state index is 0.00546. The highest BCUT2D eigenvalue weighted by molar-refractivity contribution is 5.76. The van der Waals surface area contributed by atoms with Crippen LogP contribution in [0.1, 0.15) is 316 Å². The Balaban J connectivity index is 2.00. The van der Waals surface area contributed by atoms with Crippen LogP contribution in [0.3, 0.4) is 0 Å². The van der Waals surface area contributed by atoms with Gasteiger partial charge in [0.05, 0.1) is 32.0 Å². The molecular formula is C65H123NO10. The van der Waals surface area contributed by atoms with Crippen LogP contribution in [0, 0.1) is 0 Å². The molecule has 1 amide bonds. The maximum Gasteiger partial charge on any atom is 0.305 e. The van der Waals surface area contributed by atoms with E-state index in [-0.39, 0.29) is 18.5 Å². The number of carbonyl (C=O) groups excluding carboxylic acids is 2. The fourth-order valence-electron chi connectivity index (χ4n) is 10.4. The topological polar surface area (TPSA) is 175 Å². The number of aliphatic hydroxyl groups excluding tert-OH is 5. The third-order valence-corrected chi connectivity index (χ3v) is 15.6. The molecule has 1 saturated heterocycles. The zero-order valence-electron chi connectivity index (χ0n) is 49.5. The molecule has 0 aromatic heterocycles. The van der Waals surface area contributed by atoms with Crippen molar-refractivity contribution < 1.29 is 49.3 Å². The Hall–Kier alpha value is -1.86. The number of rotatable bonds is 57. The summed E-state index contributed by atoms with van der Waals surface area (Å²) < 4.78 is 16.7. The lowest BCUT2D eigenvalue weighted by Gasteiger charge is -2.40. The SMILES string of the molecule is CCCCCCCC/C=C/CC/C=C/C(O)C(COC1OC(CO)C(O)C(O)C1O)NC(=O)CCCCCCCCCCCCCCCCCCCCCCCCCCCOC(=O)CCCCCCCCCCCCC. The summed E-state index contributed by atoms with van der Waals surface area (Å²) in [6, 6.07) is -0.825. The van der Waals surface area contributed by atoms with E-state index in [0.717, 1.165) is 57.8 Å². The van der Waals surface area contributed by atoms with Crippen molar-refractivity contribution in [2.75, 3.05) is 19.8 Å². The fourth-order valence-corrected chi connectivity index (χ4v) is 10.4. The predicted octanol–water partition coefficient (Wildman–Crippen LogP) is 15.7. The fraction of sp³-hybridized carbons (Fsp3) is 0.908. The van der Waals surface area contributed by atoms with Gasteiger partial charge in [-0.25, -0.2) is 0 Å². The number of unbranched alkanes of at least 4 members (excludes halogenated alkanes) is 41. The van der Waals surface area contributed by atoms with Crippen LogP contribution in [-0.4, -0.2) is 100 Å². The van der Waals surface area contributed by atoms with Gasteiger partial charge in [0, 0.05) is 12.8 Å². The monoisotopic (exact) mass is 1080 g/mol. The third-order valence-electron chi connectivity index (χ3n) is 15.6. The molecule has 0 spiro atoms. The zero-order chi connectivity index (χ0) is 55.2. The largest absolute Gasteiger partial charge is 0.466 e. The molecule has 1 heterocycles. The van der Waals surface area contributed by atoms with Crippen molar-refractivity contribution in [2.45, 2.75) is 358 Å². The molecule has 0 aliphatic carbocycles. The van der Waals surface area contributed by atoms with Gasteiger partial charge in [-0.1, -0.05) is 282 Å². The maximum atomic E-state index is 13.0. The molecular weight excluding hydrogens is 955 g/mol. The lowest BCUT2D eigenvalue weighted by Crippen LogP contribution is -2.60. The number of nitrogens with one attached hydrogen (secondary N) is 1. The van der Waals surface area contributed by atoms with E-state index >= 15 is 0 Å². The number of carbonyl (C=O) groups is 2. The quantitative estimate of drug-likeness (QED) is 0.0195. The van der Waals surface area contributed by atoms with Crippen LogP contribution in [0.5, 0.6) is 0 Å². The highest BCUT2D eigenvalue weighted by atomic mass is 16.7. The Morgan fingerprint density at radius 1 is 0.474 bits per heavy atom. The molecule has 76 heavy (non-hydrogen) atoms. The Morgan fingerprint density at radius 2 is 0.855 bits per heavy atom. The molecule has 1 aliphatic rings. The lowest BCUT2D eigenvalue weighted by atomic mass is 9.99. The van der Waals surface area contributed by atoms with E-state index in [0.29, 0.717) is 19.4 Å². The second-order valence-corrected chi connectivity index (χ2v) is 22.8. The van der Waals surface area contributed by atoms with Gasteiger partial charge in [0.1, 0.15) is 24.4 Å². The summed E-state index contributed by atoms with van der Waals surface area (Å²) in [5, 5.41) is 54.4. The van der Waals surface area contributed by atoms with Crippen LogP contribution in [0.25, 0.3) is 0 Å². The van der Waals surface area contributed by atoms with Gasteiger partial charge < -0.3 is 45.1 Å². The standard InChI is InChI=1S/C65H123NO10/c1-3-5-7-9-11-13-15-32-35-39-43-47-51-58(68)57(56-75-65-64(73)63(72)62(71)59(55-67)76-65)66-60(69)52-48-44-40-36-33-29-27-25-23-21-19-17-16-18-20-22-24-26-28-30-34-38-42-46-50-54-74-61(70)53-49-45-41-37-31-14-12-10-8-6-4-2/h32,35,47,51,57-59,62-65,67-68,71-73H,3-31,33-34,36-46,48-50,52-56H2,1-2H3,(H,66,69)/b35-32+,51-47+. The molecule has 7 unspecified atom stereocenters. The van der Waals surface area contributed by atoms with Crippen LogP contribution in [0.15, 0.2) is 24.3 Å². The molecule has 0 radical (unpaired) electrons. The highest BCUT2D eigenvalue weighted by Gasteiger charge is 2.44. The zero-order valence-corrected chi connectivity index (χ0v) is 49.5. The summed E-state index contributed by atoms with van der Waals surface area (Å²) in [5.74, 6) is -0.184. The van der Waals surface area contributed by atoms with Gasteiger partial charge >= 0.3 is 5.97 Å². The van der Waals surface area contributed by atoms with E-state index in [1.165, 1.54) is 231 Å². The molecule has 448 valence electrons. The first kappa shape index (κ1) is 72.2. The van der Waals surface area contributed by atoms with Gasteiger partial charge in [0.2, 0.25) is 5.91 Å². The van der Waals surface area contributed by atoms with Crippen LogP contribution in [-0.2, 0) is 23.8 Å². The Labute approximate surface area is 467 Å². The van der Waals surface area contributed by atoms with E-state index < -0.39 is 49.5 Å². The highest BCUT2D eigenvalue weighted by Crippen LogP contribution is 2.23. The van der Waals surface area contributed by atoms with E-state index in [1.54, 1.807) is 6.08 Å². The first-order valence-electron chi connectivity index (χ1n) is 32.6. The van der Waals surface area contributed by atoms with Gasteiger partial charge in [-0.2, -0.15) is 0 Å². The maximum absolute atomic E-state index is 13.0. The smallest absolute Gasteiger partial charge is 0.305 e. The molecule has 1 rings (SSSR count). The predicted molar refractivity (Wildman–Crippen MR) is 315 cm³/mol. The minimum atomic E-state index is -1.57. The number of allylic oxidation sites excluding steroid dienone is 3. The van der Waals surface area contributed by atoms with Gasteiger partial charge in [0.25, 0.3) is 0 Å². The molecule has 1 aliphatic heterocycles. The first-order valence-corrected chi connectivity index (χ1v) is 32.6. The average Bonchev–Trinajstić information content (AvgIpc) is 3.42. The van der Waals surface area contributed by atoms with Crippen molar-refractivity contribution >= 4 is 11.9 Å². The second kappa shape index (κ2) is 55.1. The summed E-state index contributed by atoms with van der Waals surface area (Å²) >= 11 is 0. The second-order valence-electron chi connectivity index (χ2n) is 22.8. The molecule has 11 nitrogen and oxygen atoms in total. The summed E-state index contributed by atoms with van der Waals surface area (Å²) in [6.45, 7) is 4.33.